The van der Waals surface area contributed by atoms with Gasteiger partial charge in [-0.15, -0.1) is 0 Å². The van der Waals surface area contributed by atoms with Crippen LogP contribution in [0.5, 0.6) is 11.5 Å². The molecule has 7 aromatic rings. The minimum Gasteiger partial charge on any atom is -0.493 e. The first-order valence-corrected chi connectivity index (χ1v) is 20.2. The first-order valence-electron chi connectivity index (χ1n) is 18.3. The van der Waals surface area contributed by atoms with E-state index in [1.807, 2.05) is 84.9 Å². The van der Waals surface area contributed by atoms with Gasteiger partial charge in [-0.1, -0.05) is 115 Å². The maximum absolute atomic E-state index is 14.0. The summed E-state index contributed by atoms with van der Waals surface area (Å²) in [6.07, 6.45) is 0.856. The molecule has 0 radical (unpaired) electrons. The molecule has 1 N–H and O–H groups in total. The summed E-state index contributed by atoms with van der Waals surface area (Å²) < 4.78 is 50.2. The van der Waals surface area contributed by atoms with Crippen LogP contribution in [0.2, 0.25) is 5.02 Å². The zero-order valence-corrected chi connectivity index (χ0v) is 32.4. The number of sulfonamides is 1. The molecule has 0 saturated heterocycles. The molecule has 0 aliphatic carbocycles. The molecule has 0 aliphatic heterocycles. The molecule has 0 saturated carbocycles. The number of rotatable bonds is 16. The number of halogens is 1. The van der Waals surface area contributed by atoms with E-state index in [9.17, 15) is 13.2 Å². The third kappa shape index (κ3) is 8.81. The topological polar surface area (TPSA) is 95.9 Å². The van der Waals surface area contributed by atoms with E-state index in [-0.39, 0.29) is 29.8 Å². The fourth-order valence-electron chi connectivity index (χ4n) is 7.00. The van der Waals surface area contributed by atoms with E-state index in [0.717, 1.165) is 38.9 Å². The van der Waals surface area contributed by atoms with E-state index < -0.39 is 16.0 Å². The zero-order valence-electron chi connectivity index (χ0n) is 30.8. The zero-order chi connectivity index (χ0) is 38.9. The third-order valence-corrected chi connectivity index (χ3v) is 11.3. The van der Waals surface area contributed by atoms with Crippen molar-refractivity contribution in [2.24, 2.45) is 0 Å². The van der Waals surface area contributed by atoms with Crippen molar-refractivity contribution in [3.8, 4) is 11.5 Å². The Morgan fingerprint density at radius 1 is 0.732 bits per heavy atom. The molecule has 56 heavy (non-hydrogen) atoms. The van der Waals surface area contributed by atoms with Crippen molar-refractivity contribution < 1.29 is 27.4 Å². The van der Waals surface area contributed by atoms with Crippen LogP contribution >= 0.6 is 11.6 Å². The van der Waals surface area contributed by atoms with E-state index in [2.05, 4.69) is 33.6 Å². The van der Waals surface area contributed by atoms with E-state index in [1.54, 1.807) is 48.5 Å². The normalized spacial score (nSPS) is 11.5. The van der Waals surface area contributed by atoms with Gasteiger partial charge in [0.05, 0.1) is 25.3 Å². The number of nitrogens with one attached hydrogen (secondary N) is 1. The van der Waals surface area contributed by atoms with Gasteiger partial charge in [0.1, 0.15) is 23.0 Å². The average molecular weight is 785 g/mol. The van der Waals surface area contributed by atoms with Crippen molar-refractivity contribution >= 4 is 38.5 Å². The monoisotopic (exact) mass is 784 g/mol. The Morgan fingerprint density at radius 2 is 1.36 bits per heavy atom. The van der Waals surface area contributed by atoms with Gasteiger partial charge in [0, 0.05) is 41.0 Å². The number of fused-ring (bicyclic) bond motifs is 1. The standard InChI is InChI=1S/C46H41ClN2O6S/c1-53-46(50)36-21-24-38(25-22-36)54-30-28-39-40-31-37(47)23-26-41(40)49(45(34-15-7-3-8-16-34)35-17-9-4-10-18-35)42(39)27-29-48-56(51,52)44-20-12-11-19-43(44)55-32-33-13-5-2-6-14-33/h2-26,31,45,48H,27-30,32H2,1H3. The Hall–Kier alpha value is -5.87. The Labute approximate surface area is 332 Å². The lowest BCUT2D eigenvalue weighted by atomic mass is 9.97. The highest BCUT2D eigenvalue weighted by Gasteiger charge is 2.27. The molecule has 284 valence electrons. The Kier molecular flexibility index (Phi) is 12.2. The summed E-state index contributed by atoms with van der Waals surface area (Å²) in [7, 11) is -2.63. The fraction of sp³-hybridized carbons (Fsp3) is 0.152. The molecule has 7 rings (SSSR count). The minimum absolute atomic E-state index is 0.0709. The van der Waals surface area contributed by atoms with Gasteiger partial charge in [-0.05, 0) is 76.9 Å². The van der Waals surface area contributed by atoms with E-state index in [0.29, 0.717) is 35.8 Å². The number of para-hydroxylation sites is 1. The number of carbonyl (C=O) groups excluding carboxylic acids is 1. The number of methoxy groups -OCH3 is 1. The van der Waals surface area contributed by atoms with E-state index >= 15 is 0 Å². The van der Waals surface area contributed by atoms with Gasteiger partial charge in [-0.25, -0.2) is 17.9 Å². The Balaban J connectivity index is 1.24. The van der Waals surface area contributed by atoms with Crippen LogP contribution in [-0.4, -0.2) is 39.2 Å². The summed E-state index contributed by atoms with van der Waals surface area (Å²) in [6.45, 7) is 0.658. The number of nitrogens with zero attached hydrogens (tertiary/aromatic N) is 1. The van der Waals surface area contributed by atoms with Crippen molar-refractivity contribution in [1.29, 1.82) is 0 Å². The maximum atomic E-state index is 14.0. The molecule has 0 aliphatic rings. The Bertz CT molecular complexity index is 2470. The van der Waals surface area contributed by atoms with Crippen LogP contribution in [0, 0.1) is 0 Å². The summed E-state index contributed by atoms with van der Waals surface area (Å²) in [5, 5.41) is 1.54. The molecule has 6 aromatic carbocycles. The number of benzene rings is 6. The van der Waals surface area contributed by atoms with Crippen LogP contribution in [-0.2, 0) is 34.2 Å². The van der Waals surface area contributed by atoms with Crippen LogP contribution in [0.4, 0.5) is 0 Å². The average Bonchev–Trinajstić information content (AvgIpc) is 3.52. The summed E-state index contributed by atoms with van der Waals surface area (Å²) in [5.74, 6) is 0.461. The van der Waals surface area contributed by atoms with E-state index in [1.165, 1.54) is 7.11 Å². The quantitative estimate of drug-likeness (QED) is 0.0982. The van der Waals surface area contributed by atoms with Gasteiger partial charge in [0.15, 0.2) is 0 Å². The highest BCUT2D eigenvalue weighted by atomic mass is 35.5. The lowest BCUT2D eigenvalue weighted by Gasteiger charge is -2.25. The Morgan fingerprint density at radius 3 is 2.02 bits per heavy atom. The largest absolute Gasteiger partial charge is 0.493 e. The lowest BCUT2D eigenvalue weighted by Crippen LogP contribution is -2.28. The number of hydrogen-bond donors (Lipinski definition) is 1. The first-order chi connectivity index (χ1) is 27.3. The second-order valence-corrected chi connectivity index (χ2v) is 15.3. The van der Waals surface area contributed by atoms with Gasteiger partial charge in [0.2, 0.25) is 10.0 Å². The molecular formula is C46H41ClN2O6S. The SMILES string of the molecule is COC(=O)c1ccc(OCCc2c(CCNS(=O)(=O)c3ccccc3OCc3ccccc3)n(C(c3ccccc3)c3ccccc3)c3ccc(Cl)cc23)cc1. The van der Waals surface area contributed by atoms with Gasteiger partial charge in [-0.2, -0.15) is 0 Å². The molecule has 0 unspecified atom stereocenters. The number of aromatic nitrogens is 1. The van der Waals surface area contributed by atoms with Crippen LogP contribution in [0.3, 0.4) is 0 Å². The minimum atomic E-state index is -3.98. The summed E-state index contributed by atoms with van der Waals surface area (Å²) in [6, 6.07) is 49.3. The van der Waals surface area contributed by atoms with Gasteiger partial charge < -0.3 is 18.8 Å². The highest BCUT2D eigenvalue weighted by molar-refractivity contribution is 7.89. The van der Waals surface area contributed by atoms with Crippen LogP contribution in [0.25, 0.3) is 10.9 Å². The second kappa shape index (κ2) is 17.7. The summed E-state index contributed by atoms with van der Waals surface area (Å²) in [5.41, 5.74) is 6.41. The molecule has 1 aromatic heterocycles. The molecule has 1 heterocycles. The maximum Gasteiger partial charge on any atom is 0.337 e. The second-order valence-electron chi connectivity index (χ2n) is 13.2. The van der Waals surface area contributed by atoms with Crippen molar-refractivity contribution in [2.45, 2.75) is 30.4 Å². The summed E-state index contributed by atoms with van der Waals surface area (Å²) in [4.78, 5) is 12.0. The van der Waals surface area contributed by atoms with Crippen molar-refractivity contribution in [3.63, 3.8) is 0 Å². The lowest BCUT2D eigenvalue weighted by molar-refractivity contribution is 0.0600. The molecule has 0 atom stereocenters. The van der Waals surface area contributed by atoms with Crippen LogP contribution in [0.1, 0.15) is 44.3 Å². The third-order valence-electron chi connectivity index (χ3n) is 9.60. The van der Waals surface area contributed by atoms with Crippen LogP contribution in [0.15, 0.2) is 163 Å². The predicted molar refractivity (Wildman–Crippen MR) is 220 cm³/mol. The van der Waals surface area contributed by atoms with Gasteiger partial charge in [-0.3, -0.25) is 0 Å². The molecule has 0 bridgehead atoms. The molecule has 0 amide bonds. The predicted octanol–water partition coefficient (Wildman–Crippen LogP) is 9.44. The molecule has 8 nitrogen and oxygen atoms in total. The van der Waals surface area contributed by atoms with Crippen molar-refractivity contribution in [3.05, 3.63) is 196 Å². The number of hydrogen-bond acceptors (Lipinski definition) is 6. The smallest absolute Gasteiger partial charge is 0.337 e. The van der Waals surface area contributed by atoms with Gasteiger partial charge in [0.25, 0.3) is 0 Å². The first kappa shape index (κ1) is 38.4. The number of carbonyl (C=O) groups is 1. The van der Waals surface area contributed by atoms with Crippen molar-refractivity contribution in [1.82, 2.24) is 9.29 Å². The van der Waals surface area contributed by atoms with Gasteiger partial charge >= 0.3 is 5.97 Å². The number of esters is 1. The van der Waals surface area contributed by atoms with Crippen LogP contribution < -0.4 is 14.2 Å². The molecular weight excluding hydrogens is 744 g/mol. The molecule has 0 spiro atoms. The fourth-order valence-corrected chi connectivity index (χ4v) is 8.35. The molecule has 10 heteroatoms. The van der Waals surface area contributed by atoms with Crippen molar-refractivity contribution in [2.75, 3.05) is 20.3 Å². The molecule has 0 fully saturated rings. The highest BCUT2D eigenvalue weighted by Crippen LogP contribution is 2.38. The summed E-state index contributed by atoms with van der Waals surface area (Å²) >= 11 is 6.68. The number of ether oxygens (including phenoxy) is 3. The van der Waals surface area contributed by atoms with E-state index in [4.69, 9.17) is 25.8 Å².